The molecule has 0 fully saturated rings. The van der Waals surface area contributed by atoms with Gasteiger partial charge in [-0.2, -0.15) is 0 Å². The average molecular weight is 363 g/mol. The molecule has 0 atom stereocenters. The minimum atomic E-state index is -2.37. The number of unbranched alkanes of at least 4 members (excludes halogenated alkanes) is 6. The fourth-order valence-electron chi connectivity index (χ4n) is 1.45. The molecule has 106 valence electrons. The standard InChI is InChI=1S/C12H27O2PS2.Zn/c1-3-5-7-9-11-13-15(16,17)14-12-10-8-6-4-2;/h3-12H2,1-2H3,(H,16,17);/p-1. The summed E-state index contributed by atoms with van der Waals surface area (Å²) >= 11 is 10.4. The molecule has 0 heterocycles. The van der Waals surface area contributed by atoms with E-state index in [0.29, 0.717) is 13.2 Å². The Morgan fingerprint density at radius 1 is 0.833 bits per heavy atom. The summed E-state index contributed by atoms with van der Waals surface area (Å²) in [7, 11) is 0. The van der Waals surface area contributed by atoms with Crippen molar-refractivity contribution in [2.45, 2.75) is 65.2 Å². The molecule has 6 heteroatoms. The molecule has 0 aliphatic rings. The van der Waals surface area contributed by atoms with Gasteiger partial charge < -0.3 is 21.3 Å². The van der Waals surface area contributed by atoms with Gasteiger partial charge in [0.1, 0.15) is 0 Å². The summed E-state index contributed by atoms with van der Waals surface area (Å²) in [5.74, 6) is 0. The van der Waals surface area contributed by atoms with E-state index in [1.165, 1.54) is 38.5 Å². The predicted octanol–water partition coefficient (Wildman–Crippen LogP) is 4.95. The Morgan fingerprint density at radius 3 is 1.56 bits per heavy atom. The molecule has 0 aromatic carbocycles. The van der Waals surface area contributed by atoms with Crippen LogP contribution in [0.3, 0.4) is 0 Å². The fraction of sp³-hybridized carbons (Fsp3) is 1.00. The average Bonchev–Trinajstić information content (AvgIpc) is 2.28. The largest absolute Gasteiger partial charge is 0.691 e. The van der Waals surface area contributed by atoms with Crippen molar-refractivity contribution in [3.8, 4) is 0 Å². The van der Waals surface area contributed by atoms with E-state index in [1.807, 2.05) is 0 Å². The second-order valence-corrected chi connectivity index (χ2v) is 9.22. The van der Waals surface area contributed by atoms with Crippen LogP contribution in [0.2, 0.25) is 0 Å². The van der Waals surface area contributed by atoms with Gasteiger partial charge in [-0.25, -0.2) is 0 Å². The molecule has 0 aromatic heterocycles. The van der Waals surface area contributed by atoms with Crippen molar-refractivity contribution in [1.82, 2.24) is 0 Å². The maximum atomic E-state index is 5.50. The van der Waals surface area contributed by atoms with Gasteiger partial charge in [-0.05, 0) is 12.8 Å². The molecule has 0 bridgehead atoms. The van der Waals surface area contributed by atoms with Gasteiger partial charge in [0.25, 0.3) is 0 Å². The first kappa shape index (κ1) is 21.8. The maximum Gasteiger partial charge on any atom is 0.0563 e. The van der Waals surface area contributed by atoms with E-state index in [9.17, 15) is 0 Å². The molecule has 0 saturated heterocycles. The molecule has 0 aliphatic heterocycles. The van der Waals surface area contributed by atoms with Gasteiger partial charge >= 0.3 is 0 Å². The van der Waals surface area contributed by atoms with Crippen LogP contribution >= 0.6 is 5.69 Å². The zero-order chi connectivity index (χ0) is 13.0. The van der Waals surface area contributed by atoms with Gasteiger partial charge in [-0.15, -0.1) is 0 Å². The van der Waals surface area contributed by atoms with Crippen LogP contribution in [-0.4, -0.2) is 13.2 Å². The SMILES string of the molecule is CCCCCCOP(=S)([S-])OCCCCCC.[Zn]. The molecule has 0 unspecified atom stereocenters. The second kappa shape index (κ2) is 14.9. The Morgan fingerprint density at radius 2 is 1.22 bits per heavy atom. The zero-order valence-electron chi connectivity index (χ0n) is 11.9. The van der Waals surface area contributed by atoms with Gasteiger partial charge in [-0.3, -0.25) is 0 Å². The number of hydrogen-bond acceptors (Lipinski definition) is 4. The van der Waals surface area contributed by atoms with Crippen LogP contribution in [-0.2, 0) is 52.6 Å². The maximum absolute atomic E-state index is 5.50. The Kier molecular flexibility index (Phi) is 18.1. The van der Waals surface area contributed by atoms with Crippen molar-refractivity contribution in [3.05, 3.63) is 0 Å². The van der Waals surface area contributed by atoms with E-state index in [2.05, 4.69) is 13.8 Å². The van der Waals surface area contributed by atoms with Crippen molar-refractivity contribution in [1.29, 1.82) is 0 Å². The van der Waals surface area contributed by atoms with Crippen LogP contribution in [0.1, 0.15) is 65.2 Å². The van der Waals surface area contributed by atoms with E-state index in [0.717, 1.165) is 12.8 Å². The van der Waals surface area contributed by atoms with E-state index in [4.69, 9.17) is 33.1 Å². The molecular formula is C12H26O2PS2Zn-. The Balaban J connectivity index is 0. The van der Waals surface area contributed by atoms with Crippen LogP contribution in [0, 0.1) is 0 Å². The molecule has 0 N–H and O–H groups in total. The van der Waals surface area contributed by atoms with Crippen LogP contribution in [0.15, 0.2) is 0 Å². The van der Waals surface area contributed by atoms with E-state index < -0.39 is 5.69 Å². The Bertz CT molecular complexity index is 200. The summed E-state index contributed by atoms with van der Waals surface area (Å²) in [5.41, 5.74) is -2.37. The van der Waals surface area contributed by atoms with Crippen molar-refractivity contribution in [2.75, 3.05) is 13.2 Å². The Labute approximate surface area is 136 Å². The summed E-state index contributed by atoms with van der Waals surface area (Å²) in [4.78, 5) is 0. The van der Waals surface area contributed by atoms with Crippen molar-refractivity contribution < 1.29 is 28.5 Å². The zero-order valence-corrected chi connectivity index (χ0v) is 17.4. The van der Waals surface area contributed by atoms with Crippen LogP contribution in [0.25, 0.3) is 0 Å². The molecule has 18 heavy (non-hydrogen) atoms. The summed E-state index contributed by atoms with van der Waals surface area (Å²) in [6.45, 7) is 5.71. The van der Waals surface area contributed by atoms with Gasteiger partial charge in [0.15, 0.2) is 0 Å². The monoisotopic (exact) mass is 361 g/mol. The third-order valence-corrected chi connectivity index (χ3v) is 4.76. The molecule has 2 nitrogen and oxygen atoms in total. The van der Waals surface area contributed by atoms with Gasteiger partial charge in [0.05, 0.1) is 18.9 Å². The third-order valence-electron chi connectivity index (χ3n) is 2.49. The predicted molar refractivity (Wildman–Crippen MR) is 81.8 cm³/mol. The first-order valence-corrected chi connectivity index (χ1v) is 10.4. The first-order chi connectivity index (χ1) is 8.12. The smallest absolute Gasteiger partial charge is 0.0563 e. The van der Waals surface area contributed by atoms with Gasteiger partial charge in [-0.1, -0.05) is 64.2 Å². The number of hydrogen-bond donors (Lipinski definition) is 0. The second-order valence-electron chi connectivity index (χ2n) is 4.23. The van der Waals surface area contributed by atoms with Crippen molar-refractivity contribution in [3.63, 3.8) is 0 Å². The number of rotatable bonds is 12. The molecule has 0 radical (unpaired) electrons. The summed E-state index contributed by atoms with van der Waals surface area (Å²) in [6, 6.07) is 0. The van der Waals surface area contributed by atoms with Gasteiger partial charge in [0, 0.05) is 19.5 Å². The minimum absolute atomic E-state index is 0. The molecule has 0 amide bonds. The molecule has 0 spiro atoms. The topological polar surface area (TPSA) is 18.5 Å². The first-order valence-electron chi connectivity index (χ1n) is 6.72. The molecule has 0 saturated carbocycles. The molecule has 0 aliphatic carbocycles. The van der Waals surface area contributed by atoms with E-state index in [-0.39, 0.29) is 19.5 Å². The Hall–Kier alpha value is 1.54. The fourth-order valence-corrected chi connectivity index (χ4v) is 3.12. The molecule has 0 aromatic rings. The quantitative estimate of drug-likeness (QED) is 0.211. The summed E-state index contributed by atoms with van der Waals surface area (Å²) < 4.78 is 11.0. The molecule has 0 rings (SSSR count). The van der Waals surface area contributed by atoms with E-state index in [1.54, 1.807) is 0 Å². The van der Waals surface area contributed by atoms with Crippen molar-refractivity contribution in [2.24, 2.45) is 0 Å². The minimum Gasteiger partial charge on any atom is -0.691 e. The van der Waals surface area contributed by atoms with Crippen molar-refractivity contribution >= 4 is 29.7 Å². The molecular weight excluding hydrogens is 337 g/mol. The van der Waals surface area contributed by atoms with Gasteiger partial charge in [0.2, 0.25) is 0 Å². The van der Waals surface area contributed by atoms with E-state index >= 15 is 0 Å². The van der Waals surface area contributed by atoms with Crippen LogP contribution in [0.5, 0.6) is 0 Å². The third kappa shape index (κ3) is 15.6. The summed E-state index contributed by atoms with van der Waals surface area (Å²) in [5, 5.41) is 0. The summed E-state index contributed by atoms with van der Waals surface area (Å²) in [6.07, 6.45) is 9.44. The van der Waals surface area contributed by atoms with Crippen LogP contribution < -0.4 is 0 Å². The normalized spacial score (nSPS) is 11.3. The van der Waals surface area contributed by atoms with Crippen LogP contribution in [0.4, 0.5) is 0 Å².